The van der Waals surface area contributed by atoms with E-state index in [1.165, 1.54) is 18.7 Å². The fourth-order valence-corrected chi connectivity index (χ4v) is 2.83. The van der Waals surface area contributed by atoms with Crippen LogP contribution < -0.4 is 0 Å². The first-order chi connectivity index (χ1) is 10.3. The number of ether oxygens (including phenoxy) is 1. The summed E-state index contributed by atoms with van der Waals surface area (Å²) < 4.78 is 33.4. The van der Waals surface area contributed by atoms with E-state index >= 15 is 0 Å². The lowest BCUT2D eigenvalue weighted by molar-refractivity contribution is 0.00555. The van der Waals surface area contributed by atoms with E-state index in [9.17, 15) is 13.6 Å². The Morgan fingerprint density at radius 2 is 1.86 bits per heavy atom. The number of benzene rings is 1. The maximum absolute atomic E-state index is 14.5. The van der Waals surface area contributed by atoms with Crippen LogP contribution in [-0.2, 0) is 11.3 Å². The lowest BCUT2D eigenvalue weighted by Gasteiger charge is -2.37. The van der Waals surface area contributed by atoms with E-state index in [2.05, 4.69) is 0 Å². The second-order valence-corrected chi connectivity index (χ2v) is 6.57. The van der Waals surface area contributed by atoms with Crippen LogP contribution in [0.25, 0.3) is 0 Å². The summed E-state index contributed by atoms with van der Waals surface area (Å²) in [5.74, 6) is 0. The first-order valence-corrected chi connectivity index (χ1v) is 7.61. The molecule has 0 radical (unpaired) electrons. The fourth-order valence-electron chi connectivity index (χ4n) is 2.83. The van der Waals surface area contributed by atoms with Crippen LogP contribution in [0.5, 0.6) is 0 Å². The van der Waals surface area contributed by atoms with E-state index < -0.39 is 17.4 Å². The van der Waals surface area contributed by atoms with Gasteiger partial charge >= 0.3 is 6.09 Å². The van der Waals surface area contributed by atoms with Gasteiger partial charge in [0.05, 0.1) is 0 Å². The topological polar surface area (TPSA) is 29.5 Å². The van der Waals surface area contributed by atoms with Crippen molar-refractivity contribution in [3.05, 3.63) is 35.9 Å². The van der Waals surface area contributed by atoms with Crippen molar-refractivity contribution in [2.24, 2.45) is 0 Å². The van der Waals surface area contributed by atoms with Crippen LogP contribution >= 0.6 is 0 Å². The number of hydrogen-bond acceptors (Lipinski definition) is 2. The van der Waals surface area contributed by atoms with Crippen molar-refractivity contribution in [2.75, 3.05) is 13.1 Å². The van der Waals surface area contributed by atoms with Crippen molar-refractivity contribution in [2.45, 2.75) is 51.1 Å². The molecule has 22 heavy (non-hydrogen) atoms. The molecule has 0 spiro atoms. The Morgan fingerprint density at radius 3 is 2.41 bits per heavy atom. The Balaban J connectivity index is 1.80. The number of hydrogen-bond donors (Lipinski definition) is 0. The molecule has 1 aromatic rings. The van der Waals surface area contributed by atoms with Gasteiger partial charge in [0.1, 0.15) is 17.9 Å². The Labute approximate surface area is 130 Å². The summed E-state index contributed by atoms with van der Waals surface area (Å²) in [5, 5.41) is 0. The number of likely N-dealkylation sites (tertiary alicyclic amines) is 1. The lowest BCUT2D eigenvalue weighted by Crippen LogP contribution is -2.46. The third-order valence-corrected chi connectivity index (χ3v) is 3.86. The molecular formula is C17H23F2NO2. The minimum atomic E-state index is -1.54. The summed E-state index contributed by atoms with van der Waals surface area (Å²) in [6, 6.07) is 9.39. The molecule has 0 saturated carbocycles. The zero-order valence-electron chi connectivity index (χ0n) is 13.1. The summed E-state index contributed by atoms with van der Waals surface area (Å²) in [5.41, 5.74) is -2.16. The molecule has 0 aromatic heterocycles. The number of carbonyl (C=O) groups is 1. The van der Waals surface area contributed by atoms with Crippen LogP contribution in [0.2, 0.25) is 0 Å². The lowest BCUT2D eigenvalue weighted by atomic mass is 9.84. The molecular weight excluding hydrogens is 288 g/mol. The van der Waals surface area contributed by atoms with Gasteiger partial charge in [-0.3, -0.25) is 0 Å². The minimum absolute atomic E-state index is 0.132. The largest absolute Gasteiger partial charge is 0.445 e. The second-order valence-electron chi connectivity index (χ2n) is 6.57. The van der Waals surface area contributed by atoms with E-state index in [0.29, 0.717) is 0 Å². The first-order valence-electron chi connectivity index (χ1n) is 7.61. The van der Waals surface area contributed by atoms with E-state index in [-0.39, 0.29) is 39.0 Å². The molecule has 1 amide bonds. The Kier molecular flexibility index (Phi) is 5.04. The van der Waals surface area contributed by atoms with Crippen molar-refractivity contribution >= 4 is 6.09 Å². The number of nitrogens with zero attached hydrogens (tertiary/aromatic N) is 1. The number of piperidine rings is 1. The third kappa shape index (κ3) is 4.97. The third-order valence-electron chi connectivity index (χ3n) is 3.86. The summed E-state index contributed by atoms with van der Waals surface area (Å²) in [7, 11) is 0. The summed E-state index contributed by atoms with van der Waals surface area (Å²) in [6.45, 7) is 3.50. The molecule has 0 aliphatic carbocycles. The molecule has 0 N–H and O–H groups in total. The Bertz CT molecular complexity index is 491. The van der Waals surface area contributed by atoms with Gasteiger partial charge in [-0.1, -0.05) is 30.3 Å². The van der Waals surface area contributed by atoms with Gasteiger partial charge in [0.15, 0.2) is 0 Å². The smallest absolute Gasteiger partial charge is 0.410 e. The fraction of sp³-hybridized carbons (Fsp3) is 0.588. The molecule has 1 aromatic carbocycles. The van der Waals surface area contributed by atoms with Crippen molar-refractivity contribution in [1.82, 2.24) is 4.90 Å². The van der Waals surface area contributed by atoms with E-state index in [4.69, 9.17) is 4.74 Å². The molecule has 1 aliphatic rings. The molecule has 1 fully saturated rings. The molecule has 5 heteroatoms. The van der Waals surface area contributed by atoms with Gasteiger partial charge in [0.2, 0.25) is 0 Å². The van der Waals surface area contributed by atoms with E-state index in [0.717, 1.165) is 5.56 Å². The first kappa shape index (κ1) is 16.7. The number of halogens is 2. The number of carbonyl (C=O) groups excluding carboxylic acids is 1. The van der Waals surface area contributed by atoms with E-state index in [1.807, 2.05) is 30.3 Å². The number of rotatable bonds is 4. The highest BCUT2D eigenvalue weighted by Crippen LogP contribution is 2.35. The normalized spacial score (nSPS) is 18.1. The van der Waals surface area contributed by atoms with Gasteiger partial charge < -0.3 is 9.64 Å². The van der Waals surface area contributed by atoms with Gasteiger partial charge in [-0.05, 0) is 32.3 Å². The van der Waals surface area contributed by atoms with Gasteiger partial charge in [0.25, 0.3) is 0 Å². The second kappa shape index (κ2) is 6.63. The molecule has 1 heterocycles. The molecule has 122 valence electrons. The average molecular weight is 311 g/mol. The van der Waals surface area contributed by atoms with Crippen molar-refractivity contribution < 1.29 is 18.3 Å². The molecule has 0 bridgehead atoms. The maximum atomic E-state index is 14.5. The summed E-state index contributed by atoms with van der Waals surface area (Å²) in [6.07, 6.45) is -0.264. The monoisotopic (exact) mass is 311 g/mol. The van der Waals surface area contributed by atoms with Gasteiger partial charge in [-0.25, -0.2) is 13.6 Å². The van der Waals surface area contributed by atoms with Gasteiger partial charge in [-0.15, -0.1) is 0 Å². The number of alkyl halides is 2. The minimum Gasteiger partial charge on any atom is -0.445 e. The van der Waals surface area contributed by atoms with Crippen LogP contribution in [0.15, 0.2) is 30.3 Å². The zero-order chi connectivity index (χ0) is 16.2. The zero-order valence-corrected chi connectivity index (χ0v) is 13.1. The molecule has 1 aliphatic heterocycles. The quantitative estimate of drug-likeness (QED) is 0.831. The Morgan fingerprint density at radius 1 is 1.27 bits per heavy atom. The average Bonchev–Trinajstić information content (AvgIpc) is 2.44. The maximum Gasteiger partial charge on any atom is 0.410 e. The van der Waals surface area contributed by atoms with Crippen LogP contribution in [0.4, 0.5) is 13.6 Å². The molecule has 1 saturated heterocycles. The number of amides is 1. The summed E-state index contributed by atoms with van der Waals surface area (Å²) >= 11 is 0. The predicted molar refractivity (Wildman–Crippen MR) is 81.1 cm³/mol. The molecule has 0 atom stereocenters. The highest BCUT2D eigenvalue weighted by atomic mass is 19.2. The van der Waals surface area contributed by atoms with E-state index in [1.54, 1.807) is 0 Å². The van der Waals surface area contributed by atoms with Crippen molar-refractivity contribution in [3.63, 3.8) is 0 Å². The van der Waals surface area contributed by atoms with Crippen LogP contribution in [-0.4, -0.2) is 35.4 Å². The predicted octanol–water partition coefficient (Wildman–Crippen LogP) is 4.27. The molecule has 3 nitrogen and oxygen atoms in total. The van der Waals surface area contributed by atoms with Gasteiger partial charge in [-0.2, -0.15) is 0 Å². The highest BCUT2D eigenvalue weighted by Gasteiger charge is 2.40. The molecule has 2 rings (SSSR count). The molecule has 0 unspecified atom stereocenters. The summed E-state index contributed by atoms with van der Waals surface area (Å²) in [4.78, 5) is 13.5. The van der Waals surface area contributed by atoms with Gasteiger partial charge in [0, 0.05) is 19.5 Å². The Hall–Kier alpha value is -1.65. The van der Waals surface area contributed by atoms with Crippen molar-refractivity contribution in [1.29, 1.82) is 0 Å². The SMILES string of the molecule is CC(C)(F)CC1(F)CCN(C(=O)OCc2ccccc2)CC1. The van der Waals surface area contributed by atoms with Crippen molar-refractivity contribution in [3.8, 4) is 0 Å². The van der Waals surface area contributed by atoms with Crippen LogP contribution in [0.3, 0.4) is 0 Å². The standard InChI is InChI=1S/C17H23F2NO2/c1-16(2,18)13-17(19)8-10-20(11-9-17)15(21)22-12-14-6-4-3-5-7-14/h3-7H,8-13H2,1-2H3. The highest BCUT2D eigenvalue weighted by molar-refractivity contribution is 5.67. The van der Waals surface area contributed by atoms with Crippen LogP contribution in [0.1, 0.15) is 38.7 Å². The van der Waals surface area contributed by atoms with Crippen LogP contribution in [0, 0.1) is 0 Å².